The third-order valence-electron chi connectivity index (χ3n) is 5.72. The average Bonchev–Trinajstić information content (AvgIpc) is 2.78. The zero-order valence-corrected chi connectivity index (χ0v) is 17.8. The Labute approximate surface area is 184 Å². The lowest BCUT2D eigenvalue weighted by atomic mass is 10.1. The highest BCUT2D eigenvalue weighted by atomic mass is 19.4. The molecule has 9 heteroatoms. The minimum absolute atomic E-state index is 0.0973. The minimum Gasteiger partial charge on any atom is -0.486 e. The summed E-state index contributed by atoms with van der Waals surface area (Å²) in [5.74, 6) is 1.29. The van der Waals surface area contributed by atoms with E-state index in [-0.39, 0.29) is 18.5 Å². The monoisotopic (exact) mass is 449 g/mol. The van der Waals surface area contributed by atoms with Gasteiger partial charge in [-0.1, -0.05) is 12.1 Å². The number of amides is 1. The maximum Gasteiger partial charge on any atom is 0.416 e. The van der Waals surface area contributed by atoms with Crippen LogP contribution < -0.4 is 19.7 Å². The third-order valence-corrected chi connectivity index (χ3v) is 5.72. The number of piperazine rings is 1. The first kappa shape index (κ1) is 22.3. The molecule has 1 atom stereocenters. The largest absolute Gasteiger partial charge is 0.486 e. The molecule has 0 bridgehead atoms. The van der Waals surface area contributed by atoms with E-state index in [9.17, 15) is 18.0 Å². The number of hydrogen-bond donors (Lipinski definition) is 1. The predicted octanol–water partition coefficient (Wildman–Crippen LogP) is 3.48. The number of rotatable bonds is 5. The van der Waals surface area contributed by atoms with Crippen molar-refractivity contribution in [2.45, 2.75) is 19.1 Å². The molecule has 2 aliphatic rings. The zero-order valence-electron chi connectivity index (χ0n) is 17.8. The summed E-state index contributed by atoms with van der Waals surface area (Å²) in [4.78, 5) is 16.5. The molecule has 6 nitrogen and oxygen atoms in total. The smallest absolute Gasteiger partial charge is 0.416 e. The van der Waals surface area contributed by atoms with Crippen molar-refractivity contribution in [2.75, 3.05) is 50.8 Å². The molecular formula is C23H26F3N3O3. The number of anilines is 1. The molecule has 0 spiro atoms. The molecule has 0 aliphatic carbocycles. The number of alkyl halides is 3. The van der Waals surface area contributed by atoms with Gasteiger partial charge in [0.1, 0.15) is 13.2 Å². The van der Waals surface area contributed by atoms with Crippen molar-refractivity contribution in [1.29, 1.82) is 0 Å². The van der Waals surface area contributed by atoms with E-state index in [1.165, 1.54) is 12.1 Å². The average molecular weight is 449 g/mol. The van der Waals surface area contributed by atoms with Gasteiger partial charge < -0.3 is 19.7 Å². The Hall–Kier alpha value is -2.94. The molecule has 2 aromatic rings. The maximum absolute atomic E-state index is 13.0. The van der Waals surface area contributed by atoms with E-state index in [1.54, 1.807) is 6.07 Å². The van der Waals surface area contributed by atoms with E-state index >= 15 is 0 Å². The highest BCUT2D eigenvalue weighted by molar-refractivity contribution is 5.78. The molecule has 0 unspecified atom stereocenters. The van der Waals surface area contributed by atoms with Crippen LogP contribution in [0.4, 0.5) is 18.9 Å². The van der Waals surface area contributed by atoms with E-state index < -0.39 is 11.7 Å². The van der Waals surface area contributed by atoms with Gasteiger partial charge in [0, 0.05) is 31.9 Å². The van der Waals surface area contributed by atoms with Gasteiger partial charge in [-0.3, -0.25) is 9.69 Å². The second kappa shape index (κ2) is 9.28. The number of fused-ring (bicyclic) bond motifs is 1. The Morgan fingerprint density at radius 3 is 2.47 bits per heavy atom. The fourth-order valence-corrected chi connectivity index (χ4v) is 3.95. The van der Waals surface area contributed by atoms with Crippen molar-refractivity contribution in [2.24, 2.45) is 0 Å². The number of carbonyl (C=O) groups is 1. The van der Waals surface area contributed by atoms with Crippen LogP contribution in [0.25, 0.3) is 0 Å². The summed E-state index contributed by atoms with van der Waals surface area (Å²) < 4.78 is 50.0. The van der Waals surface area contributed by atoms with Gasteiger partial charge in [-0.15, -0.1) is 0 Å². The summed E-state index contributed by atoms with van der Waals surface area (Å²) in [5.41, 5.74) is 0.832. The van der Waals surface area contributed by atoms with E-state index in [0.29, 0.717) is 56.6 Å². The topological polar surface area (TPSA) is 54.0 Å². The van der Waals surface area contributed by atoms with Gasteiger partial charge in [0.05, 0.1) is 18.2 Å². The van der Waals surface area contributed by atoms with Gasteiger partial charge in [0.25, 0.3) is 0 Å². The van der Waals surface area contributed by atoms with Crippen LogP contribution in [-0.2, 0) is 11.0 Å². The normalized spacial score (nSPS) is 17.7. The van der Waals surface area contributed by atoms with Crippen LogP contribution >= 0.6 is 0 Å². The van der Waals surface area contributed by atoms with Gasteiger partial charge in [-0.05, 0) is 42.8 Å². The third kappa shape index (κ3) is 5.27. The van der Waals surface area contributed by atoms with Crippen molar-refractivity contribution in [1.82, 2.24) is 10.2 Å². The van der Waals surface area contributed by atoms with Crippen molar-refractivity contribution in [3.05, 3.63) is 53.6 Å². The number of ether oxygens (including phenoxy) is 2. The molecule has 1 saturated heterocycles. The molecule has 172 valence electrons. The van der Waals surface area contributed by atoms with E-state index in [1.807, 2.05) is 34.9 Å². The fourth-order valence-electron chi connectivity index (χ4n) is 3.95. The molecule has 2 heterocycles. The first-order valence-corrected chi connectivity index (χ1v) is 10.6. The molecule has 4 rings (SSSR count). The van der Waals surface area contributed by atoms with Gasteiger partial charge in [0.15, 0.2) is 11.5 Å². The second-order valence-electron chi connectivity index (χ2n) is 8.00. The number of hydrogen-bond acceptors (Lipinski definition) is 5. The Morgan fingerprint density at radius 1 is 1.03 bits per heavy atom. The summed E-state index contributed by atoms with van der Waals surface area (Å²) in [5, 5.41) is 3.00. The molecule has 1 fully saturated rings. The van der Waals surface area contributed by atoms with Crippen LogP contribution in [0.1, 0.15) is 24.1 Å². The Bertz CT molecular complexity index is 959. The van der Waals surface area contributed by atoms with Crippen LogP contribution in [0.2, 0.25) is 0 Å². The molecular weight excluding hydrogens is 423 g/mol. The van der Waals surface area contributed by atoms with Gasteiger partial charge in [-0.2, -0.15) is 13.2 Å². The molecule has 32 heavy (non-hydrogen) atoms. The molecule has 2 aliphatic heterocycles. The second-order valence-corrected chi connectivity index (χ2v) is 8.00. The zero-order chi connectivity index (χ0) is 22.7. The highest BCUT2D eigenvalue weighted by Crippen LogP contribution is 2.33. The SMILES string of the molecule is C[C@H](NC(=O)CN1CCN(c2cccc(C(F)(F)F)c2)CC1)c1ccc2c(c1)OCCO2. The minimum atomic E-state index is -4.36. The lowest BCUT2D eigenvalue weighted by Gasteiger charge is -2.36. The standard InChI is InChI=1S/C23H26F3N3O3/c1-16(17-5-6-20-21(13-17)32-12-11-31-20)27-22(30)15-28-7-9-29(10-8-28)19-4-2-3-18(14-19)23(24,25)26/h2-6,13-14,16H,7-12,15H2,1H3,(H,27,30)/t16-/m0/s1. The molecule has 0 radical (unpaired) electrons. The summed E-state index contributed by atoms with van der Waals surface area (Å²) in [7, 11) is 0. The predicted molar refractivity (Wildman–Crippen MR) is 114 cm³/mol. The summed E-state index contributed by atoms with van der Waals surface area (Å²) in [6.07, 6.45) is -4.36. The van der Waals surface area contributed by atoms with E-state index in [4.69, 9.17) is 9.47 Å². The molecule has 0 saturated carbocycles. The lowest BCUT2D eigenvalue weighted by Crippen LogP contribution is -2.49. The Kier molecular flexibility index (Phi) is 6.45. The number of nitrogens with zero attached hydrogens (tertiary/aromatic N) is 2. The summed E-state index contributed by atoms with van der Waals surface area (Å²) in [6, 6.07) is 10.8. The van der Waals surface area contributed by atoms with Crippen LogP contribution in [0.3, 0.4) is 0 Å². The lowest BCUT2D eigenvalue weighted by molar-refractivity contribution is -0.137. The Balaban J connectivity index is 1.27. The van der Waals surface area contributed by atoms with Gasteiger partial charge in [0.2, 0.25) is 5.91 Å². The van der Waals surface area contributed by atoms with Crippen LogP contribution in [0.15, 0.2) is 42.5 Å². The van der Waals surface area contributed by atoms with Crippen LogP contribution in [-0.4, -0.2) is 56.7 Å². The molecule has 1 amide bonds. The highest BCUT2D eigenvalue weighted by Gasteiger charge is 2.31. The van der Waals surface area contributed by atoms with Gasteiger partial charge >= 0.3 is 6.18 Å². The number of benzene rings is 2. The van der Waals surface area contributed by atoms with Crippen molar-refractivity contribution in [3.63, 3.8) is 0 Å². The van der Waals surface area contributed by atoms with E-state index in [2.05, 4.69) is 5.32 Å². The molecule has 0 aromatic heterocycles. The molecule has 2 aromatic carbocycles. The summed E-state index contributed by atoms with van der Waals surface area (Å²) in [6.45, 7) is 5.51. The number of halogens is 3. The summed E-state index contributed by atoms with van der Waals surface area (Å²) >= 11 is 0. The number of carbonyl (C=O) groups excluding carboxylic acids is 1. The molecule has 1 N–H and O–H groups in total. The number of nitrogens with one attached hydrogen (secondary N) is 1. The van der Waals surface area contributed by atoms with Crippen molar-refractivity contribution < 1.29 is 27.4 Å². The quantitative estimate of drug-likeness (QED) is 0.758. The van der Waals surface area contributed by atoms with E-state index in [0.717, 1.165) is 11.6 Å². The first-order chi connectivity index (χ1) is 15.3. The van der Waals surface area contributed by atoms with Crippen LogP contribution in [0.5, 0.6) is 11.5 Å². The van der Waals surface area contributed by atoms with Crippen molar-refractivity contribution in [3.8, 4) is 11.5 Å². The first-order valence-electron chi connectivity index (χ1n) is 10.6. The fraction of sp³-hybridized carbons (Fsp3) is 0.435. The van der Waals surface area contributed by atoms with Gasteiger partial charge in [-0.25, -0.2) is 0 Å². The Morgan fingerprint density at radius 2 is 1.75 bits per heavy atom. The van der Waals surface area contributed by atoms with Crippen molar-refractivity contribution >= 4 is 11.6 Å². The maximum atomic E-state index is 13.0. The van der Waals surface area contributed by atoms with Crippen LogP contribution in [0, 0.1) is 0 Å².